The summed E-state index contributed by atoms with van der Waals surface area (Å²) in [6.07, 6.45) is 6.65. The van der Waals surface area contributed by atoms with Crippen molar-refractivity contribution in [2.24, 2.45) is 11.1 Å². The number of benzene rings is 2. The fourth-order valence-electron chi connectivity index (χ4n) is 4.69. The fraction of sp³-hybridized carbons (Fsp3) is 0.462. The molecule has 6 heteroatoms. The maximum absolute atomic E-state index is 14.3. The highest BCUT2D eigenvalue weighted by Crippen LogP contribution is 2.29. The molecule has 2 aromatic carbocycles. The van der Waals surface area contributed by atoms with E-state index < -0.39 is 0 Å². The molecule has 1 saturated carbocycles. The lowest BCUT2D eigenvalue weighted by Crippen LogP contribution is -2.37. The van der Waals surface area contributed by atoms with Crippen LogP contribution in [-0.2, 0) is 16.2 Å². The van der Waals surface area contributed by atoms with Crippen molar-refractivity contribution in [2.75, 3.05) is 13.7 Å². The zero-order valence-electron chi connectivity index (χ0n) is 18.6. The van der Waals surface area contributed by atoms with Crippen LogP contribution in [0, 0.1) is 11.7 Å². The van der Waals surface area contributed by atoms with Gasteiger partial charge >= 0.3 is 0 Å². The van der Waals surface area contributed by atoms with E-state index in [-0.39, 0.29) is 24.4 Å². The van der Waals surface area contributed by atoms with Gasteiger partial charge in [0.25, 0.3) is 0 Å². The van der Waals surface area contributed by atoms with Gasteiger partial charge < -0.3 is 14.5 Å². The van der Waals surface area contributed by atoms with E-state index in [9.17, 15) is 9.18 Å². The Balaban J connectivity index is 1.42. The molecule has 1 unspecified atom stereocenters. The van der Waals surface area contributed by atoms with E-state index in [1.165, 1.54) is 31.7 Å². The highest BCUT2D eigenvalue weighted by Gasteiger charge is 2.29. The van der Waals surface area contributed by atoms with Crippen molar-refractivity contribution in [3.63, 3.8) is 0 Å². The first-order valence-corrected chi connectivity index (χ1v) is 11.5. The molecule has 5 nitrogen and oxygen atoms in total. The summed E-state index contributed by atoms with van der Waals surface area (Å²) >= 11 is 0. The summed E-state index contributed by atoms with van der Waals surface area (Å²) in [6, 6.07) is 14.3. The van der Waals surface area contributed by atoms with Crippen LogP contribution in [0.5, 0.6) is 5.75 Å². The topological polar surface area (TPSA) is 51.1 Å². The number of carbonyl (C=O) groups excluding carboxylic acids is 1. The van der Waals surface area contributed by atoms with Crippen molar-refractivity contribution < 1.29 is 18.8 Å². The molecule has 2 aliphatic rings. The number of halogens is 1. The maximum Gasteiger partial charge on any atom is 0.223 e. The molecule has 1 aliphatic carbocycles. The lowest BCUT2D eigenvalue weighted by Gasteiger charge is -2.26. The molecule has 1 atom stereocenters. The Morgan fingerprint density at radius 3 is 2.69 bits per heavy atom. The van der Waals surface area contributed by atoms with Crippen LogP contribution in [0.15, 0.2) is 53.7 Å². The molecule has 2 aromatic rings. The molecule has 0 N–H and O–H groups in total. The van der Waals surface area contributed by atoms with Gasteiger partial charge in [-0.25, -0.2) is 4.39 Å². The number of para-hydroxylation sites is 1. The summed E-state index contributed by atoms with van der Waals surface area (Å²) in [4.78, 5) is 20.6. The number of amides is 1. The van der Waals surface area contributed by atoms with Crippen molar-refractivity contribution in [2.45, 2.75) is 57.6 Å². The Hall–Kier alpha value is -2.89. The van der Waals surface area contributed by atoms with Crippen LogP contribution in [0.2, 0.25) is 0 Å². The van der Waals surface area contributed by atoms with Crippen LogP contribution in [0.4, 0.5) is 4.39 Å². The average molecular weight is 439 g/mol. The van der Waals surface area contributed by atoms with Crippen molar-refractivity contribution in [3.8, 4) is 5.75 Å². The van der Waals surface area contributed by atoms with Crippen LogP contribution in [-0.4, -0.2) is 36.3 Å². The van der Waals surface area contributed by atoms with Crippen LogP contribution < -0.4 is 4.74 Å². The molecule has 0 spiro atoms. The monoisotopic (exact) mass is 438 g/mol. The van der Waals surface area contributed by atoms with Gasteiger partial charge in [0.15, 0.2) is 6.10 Å². The smallest absolute Gasteiger partial charge is 0.223 e. The van der Waals surface area contributed by atoms with Gasteiger partial charge in [0.2, 0.25) is 5.91 Å². The quantitative estimate of drug-likeness (QED) is 0.532. The number of hydrogen-bond donors (Lipinski definition) is 0. The van der Waals surface area contributed by atoms with Gasteiger partial charge in [0.05, 0.1) is 19.4 Å². The molecule has 0 bridgehead atoms. The van der Waals surface area contributed by atoms with Gasteiger partial charge in [0, 0.05) is 30.5 Å². The summed E-state index contributed by atoms with van der Waals surface area (Å²) in [5.74, 6) is 1.14. The van der Waals surface area contributed by atoms with Crippen molar-refractivity contribution in [1.82, 2.24) is 4.90 Å². The molecular weight excluding hydrogens is 407 g/mol. The molecule has 1 amide bonds. The minimum Gasteiger partial charge on any atom is -0.496 e. The fourth-order valence-corrected chi connectivity index (χ4v) is 4.69. The van der Waals surface area contributed by atoms with Gasteiger partial charge in [-0.3, -0.25) is 4.79 Å². The Labute approximate surface area is 189 Å². The second-order valence-electron chi connectivity index (χ2n) is 8.72. The number of hydrogen-bond acceptors (Lipinski definition) is 4. The average Bonchev–Trinajstić information content (AvgIpc) is 3.50. The first-order valence-electron chi connectivity index (χ1n) is 11.5. The second kappa shape index (κ2) is 10.6. The van der Waals surface area contributed by atoms with Gasteiger partial charge in [-0.2, -0.15) is 0 Å². The molecule has 32 heavy (non-hydrogen) atoms. The highest BCUT2D eigenvalue weighted by atomic mass is 19.1. The van der Waals surface area contributed by atoms with Gasteiger partial charge in [-0.05, 0) is 30.5 Å². The maximum atomic E-state index is 14.3. The first kappa shape index (κ1) is 22.3. The first-order chi connectivity index (χ1) is 15.6. The third-order valence-corrected chi connectivity index (χ3v) is 6.49. The summed E-state index contributed by atoms with van der Waals surface area (Å²) in [7, 11) is 1.63. The summed E-state index contributed by atoms with van der Waals surface area (Å²) in [6.45, 7) is 0.611. The van der Waals surface area contributed by atoms with E-state index in [2.05, 4.69) is 5.16 Å². The Morgan fingerprint density at radius 2 is 1.91 bits per heavy atom. The van der Waals surface area contributed by atoms with E-state index in [0.717, 1.165) is 23.4 Å². The highest BCUT2D eigenvalue weighted by molar-refractivity contribution is 6.03. The lowest BCUT2D eigenvalue weighted by atomic mass is 10.0. The van der Waals surface area contributed by atoms with Gasteiger partial charge in [-0.1, -0.05) is 61.2 Å². The van der Waals surface area contributed by atoms with Crippen LogP contribution in [0.3, 0.4) is 0 Å². The van der Waals surface area contributed by atoms with E-state index in [1.807, 2.05) is 24.3 Å². The lowest BCUT2D eigenvalue weighted by molar-refractivity contribution is -0.134. The second-order valence-corrected chi connectivity index (χ2v) is 8.72. The molecule has 0 aromatic heterocycles. The summed E-state index contributed by atoms with van der Waals surface area (Å²) in [5, 5.41) is 4.27. The Morgan fingerprint density at radius 1 is 1.16 bits per heavy atom. The van der Waals surface area contributed by atoms with E-state index in [1.54, 1.807) is 30.2 Å². The Kier molecular flexibility index (Phi) is 7.40. The van der Waals surface area contributed by atoms with Crippen molar-refractivity contribution in [1.29, 1.82) is 0 Å². The van der Waals surface area contributed by atoms with Crippen molar-refractivity contribution >= 4 is 11.6 Å². The summed E-state index contributed by atoms with van der Waals surface area (Å²) < 4.78 is 19.8. The molecule has 1 aliphatic heterocycles. The predicted octanol–water partition coefficient (Wildman–Crippen LogP) is 5.33. The third-order valence-electron chi connectivity index (χ3n) is 6.49. The van der Waals surface area contributed by atoms with E-state index >= 15 is 0 Å². The largest absolute Gasteiger partial charge is 0.496 e. The molecule has 0 radical (unpaired) electrons. The molecule has 0 saturated heterocycles. The van der Waals surface area contributed by atoms with Crippen LogP contribution in [0.1, 0.15) is 56.1 Å². The Bertz CT molecular complexity index is 956. The standard InChI is InChI=1S/C26H31FN2O3/c1-31-25-13-7-5-11-22(25)24-16-21(32-28-24)18-29(17-20-10-4-6-12-23(20)27)26(30)15-14-19-8-2-3-9-19/h4-7,10-13,19,21H,2-3,8-9,14-18H2,1H3. The van der Waals surface area contributed by atoms with Gasteiger partial charge in [-0.15, -0.1) is 0 Å². The number of ether oxygens (including phenoxy) is 1. The molecule has 170 valence electrons. The van der Waals surface area contributed by atoms with E-state index in [0.29, 0.717) is 30.9 Å². The molecule has 4 rings (SSSR count). The molecular formula is C26H31FN2O3. The van der Waals surface area contributed by atoms with Crippen molar-refractivity contribution in [3.05, 3.63) is 65.5 Å². The summed E-state index contributed by atoms with van der Waals surface area (Å²) in [5.41, 5.74) is 2.22. The van der Waals surface area contributed by atoms with E-state index in [4.69, 9.17) is 9.57 Å². The molecule has 1 fully saturated rings. The predicted molar refractivity (Wildman–Crippen MR) is 122 cm³/mol. The normalized spacial score (nSPS) is 18.3. The molecule has 1 heterocycles. The SMILES string of the molecule is COc1ccccc1C1=NOC(CN(Cc2ccccc2F)C(=O)CCC2CCCC2)C1. The third kappa shape index (κ3) is 5.47. The minimum atomic E-state index is -0.292. The zero-order valence-corrected chi connectivity index (χ0v) is 18.6. The number of oxime groups is 1. The number of rotatable bonds is 9. The zero-order chi connectivity index (χ0) is 22.3. The minimum absolute atomic E-state index is 0.0505. The van der Waals surface area contributed by atoms with Gasteiger partial charge in [0.1, 0.15) is 11.6 Å². The van der Waals surface area contributed by atoms with Crippen LogP contribution >= 0.6 is 0 Å². The number of methoxy groups -OCH3 is 1. The number of nitrogens with zero attached hydrogens (tertiary/aromatic N) is 2. The van der Waals surface area contributed by atoms with Crippen LogP contribution in [0.25, 0.3) is 0 Å². The number of carbonyl (C=O) groups is 1.